The normalized spacial score (nSPS) is 19.2. The number of aryl methyl sites for hydroxylation is 1. The fourth-order valence-corrected chi connectivity index (χ4v) is 5.73. The first-order valence-corrected chi connectivity index (χ1v) is 14.3. The maximum atomic E-state index is 15.1. The van der Waals surface area contributed by atoms with Gasteiger partial charge in [-0.15, -0.1) is 0 Å². The van der Waals surface area contributed by atoms with E-state index in [4.69, 9.17) is 0 Å². The monoisotopic (exact) mass is 584 g/mol. The van der Waals surface area contributed by atoms with E-state index in [0.29, 0.717) is 29.7 Å². The number of piperidine rings is 1. The summed E-state index contributed by atoms with van der Waals surface area (Å²) < 4.78 is 76.5. The quantitative estimate of drug-likeness (QED) is 0.280. The summed E-state index contributed by atoms with van der Waals surface area (Å²) in [6.07, 6.45) is 2.47. The van der Waals surface area contributed by atoms with Crippen molar-refractivity contribution < 1.29 is 30.9 Å². The Hall–Kier alpha value is -4.00. The van der Waals surface area contributed by atoms with E-state index < -0.39 is 45.4 Å². The summed E-state index contributed by atoms with van der Waals surface area (Å²) in [7, 11) is -2.59. The van der Waals surface area contributed by atoms with Crippen molar-refractivity contribution in [2.45, 2.75) is 35.7 Å². The van der Waals surface area contributed by atoms with Gasteiger partial charge < -0.3 is 10.6 Å². The molecule has 0 bridgehead atoms. The first-order valence-electron chi connectivity index (χ1n) is 12.8. The summed E-state index contributed by atoms with van der Waals surface area (Å²) in [6, 6.07) is 14.7. The SMILES string of the molecule is Cn1nccc1-c1ccc(C(=O)N[C@@H]2CNC(Cc3ccc(S(=O)(=O)O)cc3)C[C@H]2c2ccc(F)c(F)c2)c(F)c1. The Morgan fingerprint density at radius 3 is 2.41 bits per heavy atom. The van der Waals surface area contributed by atoms with Gasteiger partial charge in [0.25, 0.3) is 16.0 Å². The number of amides is 1. The van der Waals surface area contributed by atoms with Crippen molar-refractivity contribution in [2.24, 2.45) is 7.05 Å². The van der Waals surface area contributed by atoms with Gasteiger partial charge in [-0.1, -0.05) is 24.3 Å². The predicted molar refractivity (Wildman–Crippen MR) is 145 cm³/mol. The molecular formula is C29H27F3N4O4S. The summed E-state index contributed by atoms with van der Waals surface area (Å²) in [4.78, 5) is 13.0. The standard InChI is InChI=1S/C29H27F3N4O4S/c1-36-28(10-11-34-36)19-4-8-22(25(31)14-19)29(37)35-27-16-33-20(12-17-2-6-21(7-3-17)41(38,39)40)15-23(27)18-5-9-24(30)26(32)13-18/h2-11,13-14,20,23,27,33H,12,15-16H2,1H3,(H,35,37)(H,38,39,40)/t20?,23-,27+/m0/s1. The predicted octanol–water partition coefficient (Wildman–Crippen LogP) is 4.24. The minimum Gasteiger partial charge on any atom is -0.347 e. The number of nitrogens with one attached hydrogen (secondary N) is 2. The zero-order valence-electron chi connectivity index (χ0n) is 21.9. The molecule has 5 rings (SSSR count). The first-order chi connectivity index (χ1) is 19.5. The van der Waals surface area contributed by atoms with E-state index in [9.17, 15) is 26.5 Å². The van der Waals surface area contributed by atoms with Crippen LogP contribution in [0.5, 0.6) is 0 Å². The van der Waals surface area contributed by atoms with Crippen LogP contribution in [0.1, 0.15) is 33.8 Å². The summed E-state index contributed by atoms with van der Waals surface area (Å²) in [5.74, 6) is -3.79. The van der Waals surface area contributed by atoms with Gasteiger partial charge in [-0.05, 0) is 66.4 Å². The van der Waals surface area contributed by atoms with Crippen LogP contribution in [0.3, 0.4) is 0 Å². The van der Waals surface area contributed by atoms with Gasteiger partial charge in [0, 0.05) is 43.4 Å². The summed E-state index contributed by atoms with van der Waals surface area (Å²) in [6.45, 7) is 0.262. The number of carbonyl (C=O) groups is 1. The Morgan fingerprint density at radius 1 is 1.02 bits per heavy atom. The van der Waals surface area contributed by atoms with E-state index in [-0.39, 0.29) is 23.0 Å². The number of hydrogen-bond acceptors (Lipinski definition) is 5. The van der Waals surface area contributed by atoms with E-state index in [0.717, 1.165) is 17.7 Å². The summed E-state index contributed by atoms with van der Waals surface area (Å²) in [5.41, 5.74) is 2.36. The third-order valence-electron chi connectivity index (χ3n) is 7.37. The van der Waals surface area contributed by atoms with Crippen molar-refractivity contribution in [3.63, 3.8) is 0 Å². The molecular weight excluding hydrogens is 557 g/mol. The van der Waals surface area contributed by atoms with Crippen LogP contribution in [0.15, 0.2) is 77.8 Å². The molecule has 41 heavy (non-hydrogen) atoms. The highest BCUT2D eigenvalue weighted by Gasteiger charge is 2.33. The topological polar surface area (TPSA) is 113 Å². The zero-order chi connectivity index (χ0) is 29.3. The molecule has 0 aliphatic carbocycles. The van der Waals surface area contributed by atoms with Gasteiger partial charge in [0.2, 0.25) is 0 Å². The average molecular weight is 585 g/mol. The molecule has 8 nitrogen and oxygen atoms in total. The van der Waals surface area contributed by atoms with Crippen molar-refractivity contribution in [2.75, 3.05) is 6.54 Å². The molecule has 214 valence electrons. The minimum absolute atomic E-state index is 0.152. The lowest BCUT2D eigenvalue weighted by Gasteiger charge is -2.38. The van der Waals surface area contributed by atoms with E-state index >= 15 is 4.39 Å². The molecule has 3 aromatic carbocycles. The molecule has 4 aromatic rings. The van der Waals surface area contributed by atoms with Crippen molar-refractivity contribution in [3.05, 3.63) is 107 Å². The van der Waals surface area contributed by atoms with Crippen LogP contribution in [0.2, 0.25) is 0 Å². The third-order valence-corrected chi connectivity index (χ3v) is 8.24. The Balaban J connectivity index is 1.35. The molecule has 2 heterocycles. The lowest BCUT2D eigenvalue weighted by molar-refractivity contribution is 0.0915. The third kappa shape index (κ3) is 6.34. The Bertz CT molecular complexity index is 1690. The molecule has 1 aliphatic rings. The van der Waals surface area contributed by atoms with Crippen LogP contribution >= 0.6 is 0 Å². The van der Waals surface area contributed by atoms with Gasteiger partial charge in [-0.25, -0.2) is 13.2 Å². The number of aromatic nitrogens is 2. The van der Waals surface area contributed by atoms with Gasteiger partial charge in [-0.2, -0.15) is 13.5 Å². The number of rotatable bonds is 7. The number of nitrogens with zero attached hydrogens (tertiary/aromatic N) is 2. The lowest BCUT2D eigenvalue weighted by Crippen LogP contribution is -2.54. The lowest BCUT2D eigenvalue weighted by atomic mass is 9.81. The number of halogens is 3. The Kier molecular flexibility index (Phi) is 7.98. The number of carbonyl (C=O) groups excluding carboxylic acids is 1. The van der Waals surface area contributed by atoms with Gasteiger partial charge in [0.05, 0.1) is 16.2 Å². The van der Waals surface area contributed by atoms with Gasteiger partial charge in [-0.3, -0.25) is 14.0 Å². The summed E-state index contributed by atoms with van der Waals surface area (Å²) >= 11 is 0. The van der Waals surface area contributed by atoms with Crippen molar-refractivity contribution >= 4 is 16.0 Å². The second-order valence-corrected chi connectivity index (χ2v) is 11.5. The van der Waals surface area contributed by atoms with E-state index in [1.807, 2.05) is 0 Å². The molecule has 0 saturated carbocycles. The highest BCUT2D eigenvalue weighted by molar-refractivity contribution is 7.85. The van der Waals surface area contributed by atoms with E-state index in [1.165, 1.54) is 30.3 Å². The van der Waals surface area contributed by atoms with Gasteiger partial charge in [0.15, 0.2) is 11.6 Å². The smallest absolute Gasteiger partial charge is 0.294 e. The molecule has 1 saturated heterocycles. The molecule has 12 heteroatoms. The second-order valence-electron chi connectivity index (χ2n) is 10.1. The molecule has 3 atom stereocenters. The van der Waals surface area contributed by atoms with E-state index in [1.54, 1.807) is 42.2 Å². The molecule has 1 aliphatic heterocycles. The van der Waals surface area contributed by atoms with Crippen LogP contribution in [-0.4, -0.2) is 47.3 Å². The average Bonchev–Trinajstić information content (AvgIpc) is 3.36. The Labute approximate surface area is 235 Å². The zero-order valence-corrected chi connectivity index (χ0v) is 22.7. The molecule has 1 unspecified atom stereocenters. The molecule has 1 fully saturated rings. The molecule has 0 spiro atoms. The highest BCUT2D eigenvalue weighted by Crippen LogP contribution is 2.31. The van der Waals surface area contributed by atoms with E-state index in [2.05, 4.69) is 15.7 Å². The molecule has 3 N–H and O–H groups in total. The summed E-state index contributed by atoms with van der Waals surface area (Å²) in [5, 5.41) is 10.3. The van der Waals surface area contributed by atoms with Gasteiger partial charge >= 0.3 is 0 Å². The molecule has 1 aromatic heterocycles. The molecule has 0 radical (unpaired) electrons. The number of hydrogen-bond donors (Lipinski definition) is 3. The minimum atomic E-state index is -4.32. The fourth-order valence-electron chi connectivity index (χ4n) is 5.25. The van der Waals surface area contributed by atoms with Crippen LogP contribution in [0, 0.1) is 17.5 Å². The fraction of sp³-hybridized carbons (Fsp3) is 0.241. The van der Waals surface area contributed by atoms with Crippen molar-refractivity contribution in [1.29, 1.82) is 0 Å². The maximum Gasteiger partial charge on any atom is 0.294 e. The largest absolute Gasteiger partial charge is 0.347 e. The first kappa shape index (κ1) is 28.5. The van der Waals surface area contributed by atoms with Crippen molar-refractivity contribution in [1.82, 2.24) is 20.4 Å². The second kappa shape index (κ2) is 11.5. The highest BCUT2D eigenvalue weighted by atomic mass is 32.2. The Morgan fingerprint density at radius 2 is 1.78 bits per heavy atom. The van der Waals surface area contributed by atoms with Crippen LogP contribution in [-0.2, 0) is 23.6 Å². The number of benzene rings is 3. The van der Waals surface area contributed by atoms with Crippen molar-refractivity contribution in [3.8, 4) is 11.3 Å². The van der Waals surface area contributed by atoms with Crippen LogP contribution in [0.25, 0.3) is 11.3 Å². The maximum absolute atomic E-state index is 15.1. The van der Waals surface area contributed by atoms with Crippen LogP contribution < -0.4 is 10.6 Å². The van der Waals surface area contributed by atoms with Gasteiger partial charge in [0.1, 0.15) is 5.82 Å². The van der Waals surface area contributed by atoms with Crippen LogP contribution in [0.4, 0.5) is 13.2 Å². The molecule has 1 amide bonds.